The fourth-order valence-corrected chi connectivity index (χ4v) is 2.06. The van der Waals surface area contributed by atoms with Crippen LogP contribution in [0.5, 0.6) is 0 Å². The zero-order chi connectivity index (χ0) is 15.4. The number of carbonyl (C=O) groups is 1. The van der Waals surface area contributed by atoms with Crippen LogP contribution >= 0.6 is 0 Å². The van der Waals surface area contributed by atoms with Gasteiger partial charge in [-0.2, -0.15) is 5.10 Å². The maximum atomic E-state index is 12.0. The third-order valence-electron chi connectivity index (χ3n) is 3.03. The molecule has 7 heteroatoms. The van der Waals surface area contributed by atoms with Gasteiger partial charge in [-0.05, 0) is 33.3 Å². The molecule has 0 aliphatic heterocycles. The molecule has 0 bridgehead atoms. The van der Waals surface area contributed by atoms with Crippen LogP contribution in [0.1, 0.15) is 25.2 Å². The lowest BCUT2D eigenvalue weighted by molar-refractivity contribution is -0.118. The van der Waals surface area contributed by atoms with Gasteiger partial charge in [-0.3, -0.25) is 9.48 Å². The second-order valence-electron chi connectivity index (χ2n) is 5.34. The van der Waals surface area contributed by atoms with Crippen LogP contribution in [0, 0.1) is 13.8 Å². The Hall–Kier alpha value is -2.15. The van der Waals surface area contributed by atoms with Crippen molar-refractivity contribution < 1.29 is 9.32 Å². The molecule has 2 aromatic rings. The SMILES string of the molecule is Cc1cnn(C[C@@H](C)N[C@@H](C)C(=O)Nc2cc(C)on2)c1. The largest absolute Gasteiger partial charge is 0.360 e. The smallest absolute Gasteiger partial charge is 0.242 e. The maximum Gasteiger partial charge on any atom is 0.242 e. The number of rotatable bonds is 6. The summed E-state index contributed by atoms with van der Waals surface area (Å²) in [7, 11) is 0. The van der Waals surface area contributed by atoms with E-state index in [-0.39, 0.29) is 18.0 Å². The summed E-state index contributed by atoms with van der Waals surface area (Å²) in [6.45, 7) is 8.30. The summed E-state index contributed by atoms with van der Waals surface area (Å²) in [5.41, 5.74) is 1.12. The number of aryl methyl sites for hydroxylation is 2. The minimum absolute atomic E-state index is 0.115. The third kappa shape index (κ3) is 4.42. The van der Waals surface area contributed by atoms with Crippen LogP contribution in [0.4, 0.5) is 5.82 Å². The molecule has 0 saturated carbocycles. The first-order valence-electron chi connectivity index (χ1n) is 6.93. The molecule has 0 radical (unpaired) electrons. The fraction of sp³-hybridized carbons (Fsp3) is 0.500. The van der Waals surface area contributed by atoms with Gasteiger partial charge in [-0.25, -0.2) is 0 Å². The first-order valence-corrected chi connectivity index (χ1v) is 6.93. The van der Waals surface area contributed by atoms with Crippen molar-refractivity contribution in [1.82, 2.24) is 20.3 Å². The fourth-order valence-electron chi connectivity index (χ4n) is 2.06. The summed E-state index contributed by atoms with van der Waals surface area (Å²) >= 11 is 0. The van der Waals surface area contributed by atoms with E-state index in [0.29, 0.717) is 18.1 Å². The predicted molar refractivity (Wildman–Crippen MR) is 78.9 cm³/mol. The molecule has 2 atom stereocenters. The lowest BCUT2D eigenvalue weighted by Crippen LogP contribution is -2.44. The second-order valence-corrected chi connectivity index (χ2v) is 5.34. The van der Waals surface area contributed by atoms with E-state index in [4.69, 9.17) is 4.52 Å². The van der Waals surface area contributed by atoms with Crippen molar-refractivity contribution in [3.05, 3.63) is 29.8 Å². The van der Waals surface area contributed by atoms with Gasteiger partial charge in [-0.15, -0.1) is 0 Å². The van der Waals surface area contributed by atoms with Crippen LogP contribution < -0.4 is 10.6 Å². The molecular weight excluding hydrogens is 270 g/mol. The van der Waals surface area contributed by atoms with Gasteiger partial charge in [0.25, 0.3) is 0 Å². The molecular formula is C14H21N5O2. The lowest BCUT2D eigenvalue weighted by Gasteiger charge is -2.19. The maximum absolute atomic E-state index is 12.0. The highest BCUT2D eigenvalue weighted by Gasteiger charge is 2.17. The van der Waals surface area contributed by atoms with E-state index in [0.717, 1.165) is 5.56 Å². The highest BCUT2D eigenvalue weighted by atomic mass is 16.5. The van der Waals surface area contributed by atoms with E-state index in [1.165, 1.54) is 0 Å². The van der Waals surface area contributed by atoms with Crippen LogP contribution in [-0.2, 0) is 11.3 Å². The van der Waals surface area contributed by atoms with Crippen molar-refractivity contribution in [1.29, 1.82) is 0 Å². The van der Waals surface area contributed by atoms with Crippen LogP contribution in [0.2, 0.25) is 0 Å². The molecule has 0 aliphatic rings. The van der Waals surface area contributed by atoms with Crippen LogP contribution in [0.15, 0.2) is 23.0 Å². The van der Waals surface area contributed by atoms with Gasteiger partial charge in [0.05, 0.1) is 18.8 Å². The summed E-state index contributed by atoms with van der Waals surface area (Å²) in [5, 5.41) is 13.9. The van der Waals surface area contributed by atoms with Gasteiger partial charge in [0.15, 0.2) is 5.82 Å². The Kier molecular flexibility index (Phi) is 4.74. The Morgan fingerprint density at radius 1 is 1.43 bits per heavy atom. The highest BCUT2D eigenvalue weighted by Crippen LogP contribution is 2.07. The van der Waals surface area contributed by atoms with Crippen molar-refractivity contribution in [3.63, 3.8) is 0 Å². The van der Waals surface area contributed by atoms with Gasteiger partial charge in [0, 0.05) is 18.3 Å². The van der Waals surface area contributed by atoms with Crippen LogP contribution in [-0.4, -0.2) is 32.9 Å². The third-order valence-corrected chi connectivity index (χ3v) is 3.03. The number of nitrogens with zero attached hydrogens (tertiary/aromatic N) is 3. The van der Waals surface area contributed by atoms with Gasteiger partial charge < -0.3 is 15.2 Å². The van der Waals surface area contributed by atoms with E-state index < -0.39 is 0 Å². The second kappa shape index (κ2) is 6.53. The Morgan fingerprint density at radius 3 is 2.76 bits per heavy atom. The summed E-state index contributed by atoms with van der Waals surface area (Å²) < 4.78 is 6.77. The molecule has 2 aromatic heterocycles. The van der Waals surface area contributed by atoms with Gasteiger partial charge >= 0.3 is 0 Å². The van der Waals surface area contributed by atoms with Crippen LogP contribution in [0.3, 0.4) is 0 Å². The Morgan fingerprint density at radius 2 is 2.19 bits per heavy atom. The number of anilines is 1. The molecule has 21 heavy (non-hydrogen) atoms. The number of hydrogen-bond acceptors (Lipinski definition) is 5. The Bertz CT molecular complexity index is 604. The molecule has 0 fully saturated rings. The average Bonchev–Trinajstić information content (AvgIpc) is 2.98. The predicted octanol–water partition coefficient (Wildman–Crippen LogP) is 1.49. The molecule has 0 aromatic carbocycles. The molecule has 1 amide bonds. The first-order chi connectivity index (χ1) is 9.94. The quantitative estimate of drug-likeness (QED) is 0.842. The molecule has 2 rings (SSSR count). The van der Waals surface area contributed by atoms with Crippen LogP contribution in [0.25, 0.3) is 0 Å². The van der Waals surface area contributed by atoms with E-state index in [1.807, 2.05) is 37.8 Å². The molecule has 2 heterocycles. The Labute approximate surface area is 123 Å². The summed E-state index contributed by atoms with van der Waals surface area (Å²) in [4.78, 5) is 12.0. The highest BCUT2D eigenvalue weighted by molar-refractivity contribution is 5.93. The molecule has 0 spiro atoms. The first kappa shape index (κ1) is 15.2. The number of hydrogen-bond donors (Lipinski definition) is 2. The molecule has 0 saturated heterocycles. The monoisotopic (exact) mass is 291 g/mol. The lowest BCUT2D eigenvalue weighted by atomic mass is 10.2. The van der Waals surface area contributed by atoms with Gasteiger partial charge in [0.2, 0.25) is 5.91 Å². The molecule has 2 N–H and O–H groups in total. The number of aromatic nitrogens is 3. The minimum Gasteiger partial charge on any atom is -0.360 e. The minimum atomic E-state index is -0.339. The normalized spacial score (nSPS) is 13.9. The van der Waals surface area contributed by atoms with E-state index >= 15 is 0 Å². The van der Waals surface area contributed by atoms with E-state index in [1.54, 1.807) is 13.0 Å². The van der Waals surface area contributed by atoms with Crippen molar-refractivity contribution in [2.75, 3.05) is 5.32 Å². The molecule has 0 aliphatic carbocycles. The molecule has 114 valence electrons. The van der Waals surface area contributed by atoms with E-state index in [9.17, 15) is 4.79 Å². The van der Waals surface area contributed by atoms with Crippen molar-refractivity contribution in [2.45, 2.75) is 46.3 Å². The van der Waals surface area contributed by atoms with Crippen molar-refractivity contribution in [2.24, 2.45) is 0 Å². The van der Waals surface area contributed by atoms with Gasteiger partial charge in [0.1, 0.15) is 5.76 Å². The summed E-state index contributed by atoms with van der Waals surface area (Å²) in [5.74, 6) is 0.946. The molecule has 7 nitrogen and oxygen atoms in total. The average molecular weight is 291 g/mol. The van der Waals surface area contributed by atoms with Crippen molar-refractivity contribution in [3.8, 4) is 0 Å². The number of carbonyl (C=O) groups excluding carboxylic acids is 1. The zero-order valence-corrected chi connectivity index (χ0v) is 12.8. The standard InChI is InChI=1S/C14H21N5O2/c1-9-6-15-19(7-9)8-10(2)16-12(4)14(20)17-13-5-11(3)21-18-13/h5-7,10,12,16H,8H2,1-4H3,(H,17,18,20)/t10-,12+/m1/s1. The van der Waals surface area contributed by atoms with E-state index in [2.05, 4.69) is 20.9 Å². The van der Waals surface area contributed by atoms with Crippen molar-refractivity contribution >= 4 is 11.7 Å². The molecule has 0 unspecified atom stereocenters. The number of amides is 1. The number of nitrogens with one attached hydrogen (secondary N) is 2. The summed E-state index contributed by atoms with van der Waals surface area (Å²) in [6, 6.07) is 1.46. The Balaban J connectivity index is 1.82. The summed E-state index contributed by atoms with van der Waals surface area (Å²) in [6.07, 6.45) is 3.79. The zero-order valence-electron chi connectivity index (χ0n) is 12.8. The van der Waals surface area contributed by atoms with Gasteiger partial charge in [-0.1, -0.05) is 5.16 Å². The topological polar surface area (TPSA) is 85.0 Å².